The molecule has 7 nitrogen and oxygen atoms in total. The molecule has 116 valence electrons. The van der Waals surface area contributed by atoms with Gasteiger partial charge in [0.15, 0.2) is 6.10 Å². The van der Waals surface area contributed by atoms with Crippen molar-refractivity contribution in [2.45, 2.75) is 31.4 Å². The molecule has 6 N–H and O–H groups in total. The summed E-state index contributed by atoms with van der Waals surface area (Å²) in [7, 11) is 0. The fourth-order valence-electron chi connectivity index (χ4n) is 1.68. The number of carbonyl (C=O) groups excluding carboxylic acids is 1. The van der Waals surface area contributed by atoms with Gasteiger partial charge in [-0.25, -0.2) is 9.59 Å². The highest BCUT2D eigenvalue weighted by Gasteiger charge is 2.17. The number of hydrogen-bond donors (Lipinski definition) is 4. The molecule has 0 spiro atoms. The van der Waals surface area contributed by atoms with Crippen LogP contribution in [0, 0.1) is 0 Å². The van der Waals surface area contributed by atoms with Gasteiger partial charge in [-0.3, -0.25) is 0 Å². The van der Waals surface area contributed by atoms with Crippen LogP contribution in [0.25, 0.3) is 0 Å². The third-order valence-corrected chi connectivity index (χ3v) is 2.92. The van der Waals surface area contributed by atoms with Crippen molar-refractivity contribution in [1.82, 2.24) is 0 Å². The second kappa shape index (κ2) is 8.35. The number of aliphatic hydroxyl groups excluding tert-OH is 1. The van der Waals surface area contributed by atoms with Crippen LogP contribution in [0.5, 0.6) is 5.75 Å². The first kappa shape index (κ1) is 17.1. The van der Waals surface area contributed by atoms with E-state index in [2.05, 4.69) is 0 Å². The van der Waals surface area contributed by atoms with Crippen LogP contribution in [0.3, 0.4) is 0 Å². The van der Waals surface area contributed by atoms with E-state index in [1.165, 1.54) is 24.3 Å². The fourth-order valence-corrected chi connectivity index (χ4v) is 1.68. The highest BCUT2D eigenvalue weighted by molar-refractivity contribution is 5.78. The second-order valence-corrected chi connectivity index (χ2v) is 4.62. The molecule has 0 amide bonds. The van der Waals surface area contributed by atoms with Crippen molar-refractivity contribution < 1.29 is 24.5 Å². The first-order chi connectivity index (χ1) is 9.95. The van der Waals surface area contributed by atoms with E-state index in [9.17, 15) is 14.7 Å². The van der Waals surface area contributed by atoms with Crippen molar-refractivity contribution in [2.75, 3.05) is 6.54 Å². The van der Waals surface area contributed by atoms with E-state index >= 15 is 0 Å². The van der Waals surface area contributed by atoms with Gasteiger partial charge in [0.2, 0.25) is 0 Å². The lowest BCUT2D eigenvalue weighted by atomic mass is 10.1. The Morgan fingerprint density at radius 3 is 2.33 bits per heavy atom. The van der Waals surface area contributed by atoms with Crippen molar-refractivity contribution in [2.24, 2.45) is 11.5 Å². The average Bonchev–Trinajstić information content (AvgIpc) is 2.47. The zero-order valence-corrected chi connectivity index (χ0v) is 11.6. The zero-order valence-electron chi connectivity index (χ0n) is 11.6. The van der Waals surface area contributed by atoms with Crippen LogP contribution in [0.2, 0.25) is 0 Å². The van der Waals surface area contributed by atoms with E-state index in [0.29, 0.717) is 13.0 Å². The Labute approximate surface area is 122 Å². The maximum Gasteiger partial charge on any atom is 0.337 e. The third kappa shape index (κ3) is 5.50. The van der Waals surface area contributed by atoms with Crippen molar-refractivity contribution in [3.63, 3.8) is 0 Å². The zero-order chi connectivity index (χ0) is 15.8. The van der Waals surface area contributed by atoms with Crippen LogP contribution < -0.4 is 16.2 Å². The predicted octanol–water partition coefficient (Wildman–Crippen LogP) is 0.166. The van der Waals surface area contributed by atoms with Gasteiger partial charge in [-0.2, -0.15) is 0 Å². The number of ether oxygens (including phenoxy) is 1. The summed E-state index contributed by atoms with van der Waals surface area (Å²) in [5.41, 5.74) is 11.2. The molecule has 7 heteroatoms. The summed E-state index contributed by atoms with van der Waals surface area (Å²) in [6, 6.07) is 4.85. The number of esters is 1. The lowest BCUT2D eigenvalue weighted by Gasteiger charge is -2.11. The summed E-state index contributed by atoms with van der Waals surface area (Å²) in [6.07, 6.45) is 0.429. The van der Waals surface area contributed by atoms with Crippen molar-refractivity contribution >= 4 is 11.9 Å². The van der Waals surface area contributed by atoms with Crippen molar-refractivity contribution in [1.29, 1.82) is 0 Å². The Morgan fingerprint density at radius 1 is 1.19 bits per heavy atom. The van der Waals surface area contributed by atoms with Gasteiger partial charge in [-0.05, 0) is 37.1 Å². The first-order valence-corrected chi connectivity index (χ1v) is 6.64. The molecule has 0 heterocycles. The number of hydrogen-bond acceptors (Lipinski definition) is 6. The van der Waals surface area contributed by atoms with E-state index in [4.69, 9.17) is 21.3 Å². The smallest absolute Gasteiger partial charge is 0.337 e. The lowest BCUT2D eigenvalue weighted by Crippen LogP contribution is -2.34. The number of aliphatic hydroxyl groups is 1. The molecule has 0 aliphatic heterocycles. The van der Waals surface area contributed by atoms with Gasteiger partial charge in [0.05, 0.1) is 0 Å². The maximum atomic E-state index is 11.7. The molecule has 0 fully saturated rings. The van der Waals surface area contributed by atoms with Gasteiger partial charge in [-0.1, -0.05) is 18.6 Å². The molecule has 2 atom stereocenters. The summed E-state index contributed by atoms with van der Waals surface area (Å²) < 4.78 is 5.08. The summed E-state index contributed by atoms with van der Waals surface area (Å²) in [5.74, 6) is -1.66. The largest absolute Gasteiger partial charge is 0.479 e. The summed E-state index contributed by atoms with van der Waals surface area (Å²) in [6.45, 7) is 0.551. The Kier molecular flexibility index (Phi) is 6.80. The Bertz CT molecular complexity index is 475. The first-order valence-electron chi connectivity index (χ1n) is 6.64. The minimum Gasteiger partial charge on any atom is -0.479 e. The average molecular weight is 296 g/mol. The number of rotatable bonds is 8. The molecule has 21 heavy (non-hydrogen) atoms. The van der Waals surface area contributed by atoms with Crippen LogP contribution in [-0.2, 0) is 9.59 Å². The van der Waals surface area contributed by atoms with Gasteiger partial charge in [0.1, 0.15) is 11.8 Å². The molecule has 0 aromatic heterocycles. The topological polar surface area (TPSA) is 136 Å². The lowest BCUT2D eigenvalue weighted by molar-refractivity contribution is -0.147. The van der Waals surface area contributed by atoms with Crippen LogP contribution in [-0.4, -0.2) is 34.7 Å². The maximum absolute atomic E-state index is 11.7. The predicted molar refractivity (Wildman–Crippen MR) is 75.6 cm³/mol. The minimum atomic E-state index is -1.60. The standard InChI is InChI=1S/C14H20N2O5/c15-8-2-1-3-11(16)14(20)21-10-6-4-9(5-7-10)12(17)13(18)19/h4-7,11-12,17H,1-3,8,15-16H2,(H,18,19)/t11-,12+/m0/s1. The van der Waals surface area contributed by atoms with Gasteiger partial charge >= 0.3 is 11.9 Å². The van der Waals surface area contributed by atoms with Gasteiger partial charge < -0.3 is 26.4 Å². The SMILES string of the molecule is NCCCC[C@H](N)C(=O)Oc1ccc([C@@H](O)C(=O)O)cc1. The highest BCUT2D eigenvalue weighted by Crippen LogP contribution is 2.18. The number of aliphatic carboxylic acids is 1. The molecule has 1 aromatic rings. The molecule has 0 radical (unpaired) electrons. The van der Waals surface area contributed by atoms with E-state index in [-0.39, 0.29) is 11.3 Å². The van der Waals surface area contributed by atoms with Gasteiger partial charge in [0.25, 0.3) is 0 Å². The number of carboxylic acid groups (broad SMARTS) is 1. The van der Waals surface area contributed by atoms with Crippen LogP contribution in [0.15, 0.2) is 24.3 Å². The van der Waals surface area contributed by atoms with E-state index < -0.39 is 24.1 Å². The minimum absolute atomic E-state index is 0.203. The van der Waals surface area contributed by atoms with Gasteiger partial charge in [-0.15, -0.1) is 0 Å². The third-order valence-electron chi connectivity index (χ3n) is 2.92. The molecule has 0 saturated heterocycles. The van der Waals surface area contributed by atoms with E-state index in [1.807, 2.05) is 0 Å². The Hall–Kier alpha value is -1.96. The molecular weight excluding hydrogens is 276 g/mol. The number of unbranched alkanes of at least 4 members (excludes halogenated alkanes) is 1. The number of carbonyl (C=O) groups is 2. The molecule has 0 aliphatic carbocycles. The Morgan fingerprint density at radius 2 is 1.81 bits per heavy atom. The molecule has 0 unspecified atom stereocenters. The molecular formula is C14H20N2O5. The van der Waals surface area contributed by atoms with Crippen molar-refractivity contribution in [3.8, 4) is 5.75 Å². The quantitative estimate of drug-likeness (QED) is 0.305. The highest BCUT2D eigenvalue weighted by atomic mass is 16.5. The van der Waals surface area contributed by atoms with E-state index in [0.717, 1.165) is 12.8 Å². The molecule has 0 bridgehead atoms. The Balaban J connectivity index is 2.55. The number of nitrogens with two attached hydrogens (primary N) is 2. The molecule has 0 aliphatic rings. The van der Waals surface area contributed by atoms with Crippen LogP contribution in [0.1, 0.15) is 30.9 Å². The molecule has 1 aromatic carbocycles. The summed E-state index contributed by atoms with van der Waals surface area (Å²) in [4.78, 5) is 22.3. The fraction of sp³-hybridized carbons (Fsp3) is 0.429. The second-order valence-electron chi connectivity index (χ2n) is 4.62. The van der Waals surface area contributed by atoms with E-state index in [1.54, 1.807) is 0 Å². The monoisotopic (exact) mass is 296 g/mol. The summed E-state index contributed by atoms with van der Waals surface area (Å²) in [5, 5.41) is 18.0. The van der Waals surface area contributed by atoms with Crippen molar-refractivity contribution in [3.05, 3.63) is 29.8 Å². The summed E-state index contributed by atoms with van der Waals surface area (Å²) >= 11 is 0. The van der Waals surface area contributed by atoms with Crippen LogP contribution in [0.4, 0.5) is 0 Å². The normalized spacial score (nSPS) is 13.5. The van der Waals surface area contributed by atoms with Crippen LogP contribution >= 0.6 is 0 Å². The number of benzene rings is 1. The molecule has 1 rings (SSSR count). The molecule has 0 saturated carbocycles. The number of carboxylic acids is 1. The van der Waals surface area contributed by atoms with Gasteiger partial charge in [0, 0.05) is 0 Å².